The van der Waals surface area contributed by atoms with Gasteiger partial charge in [0.15, 0.2) is 37.7 Å². The Morgan fingerprint density at radius 3 is 1.36 bits per heavy atom. The maximum absolute atomic E-state index is 12.7. The summed E-state index contributed by atoms with van der Waals surface area (Å²) in [6.07, 6.45) is -49.7. The van der Waals surface area contributed by atoms with E-state index in [4.69, 9.17) is 52.1 Å². The Kier molecular flexibility index (Phi) is 21.8. The summed E-state index contributed by atoms with van der Waals surface area (Å²) < 4.78 is 63.7. The van der Waals surface area contributed by atoms with Crippen LogP contribution in [0.4, 0.5) is 0 Å². The zero-order chi connectivity index (χ0) is 55.5. The van der Waals surface area contributed by atoms with Gasteiger partial charge in [-0.3, -0.25) is 14.4 Å². The molecule has 0 spiro atoms. The normalized spacial score (nSPS) is 48.6. The fourth-order valence-electron chi connectivity index (χ4n) is 9.55. The highest BCUT2D eigenvalue weighted by atomic mass is 16.8. The molecule has 33 nitrogen and oxygen atoms in total. The number of ether oxygens (including phenoxy) is 11. The molecule has 75 heavy (non-hydrogen) atoms. The number of nitrogens with one attached hydrogen (secondary N) is 3. The third-order valence-electron chi connectivity index (χ3n) is 13.6. The molecule has 0 saturated carbocycles. The monoisotopic (exact) mass is 1100 g/mol. The molecule has 6 rings (SSSR count). The summed E-state index contributed by atoms with van der Waals surface area (Å²) in [5.74, 6) is -2.36. The molecule has 3 amide bonds. The lowest BCUT2D eigenvalue weighted by molar-refractivity contribution is -0.392. The van der Waals surface area contributed by atoms with Crippen molar-refractivity contribution in [2.45, 2.75) is 212 Å². The van der Waals surface area contributed by atoms with Crippen LogP contribution in [0.2, 0.25) is 0 Å². The van der Waals surface area contributed by atoms with Crippen LogP contribution in [0.5, 0.6) is 0 Å². The molecular formula is C42H71N3O30. The summed E-state index contributed by atoms with van der Waals surface area (Å²) in [6.45, 7) is -0.201. The lowest BCUT2D eigenvalue weighted by Gasteiger charge is -2.50. The van der Waals surface area contributed by atoms with Gasteiger partial charge in [-0.25, -0.2) is 0 Å². The second-order valence-corrected chi connectivity index (χ2v) is 19.0. The molecule has 434 valence electrons. The lowest BCUT2D eigenvalue weighted by atomic mass is 9.93. The Hall–Kier alpha value is -2.67. The average Bonchev–Trinajstić information content (AvgIpc) is 3.36. The summed E-state index contributed by atoms with van der Waals surface area (Å²) in [6, 6.07) is -5.01. The topological polar surface area (TPSA) is 513 Å². The number of carbonyl (C=O) groups is 3. The van der Waals surface area contributed by atoms with Gasteiger partial charge >= 0.3 is 0 Å². The van der Waals surface area contributed by atoms with Gasteiger partial charge in [0.2, 0.25) is 17.7 Å². The second kappa shape index (κ2) is 26.5. The van der Waals surface area contributed by atoms with Crippen molar-refractivity contribution in [1.29, 1.82) is 0 Å². The molecule has 6 aliphatic rings. The summed E-state index contributed by atoms with van der Waals surface area (Å²) in [5.41, 5.74) is 0. The largest absolute Gasteiger partial charge is 0.394 e. The molecule has 6 heterocycles. The van der Waals surface area contributed by atoms with E-state index in [1.165, 1.54) is 6.92 Å². The molecule has 0 aromatic rings. The van der Waals surface area contributed by atoms with Crippen LogP contribution in [-0.2, 0) is 66.5 Å². The highest BCUT2D eigenvalue weighted by Crippen LogP contribution is 2.36. The molecule has 33 heteroatoms. The Balaban J connectivity index is 1.25. The number of carbonyl (C=O) groups excluding carboxylic acids is 3. The molecular weight excluding hydrogens is 1030 g/mol. The fourth-order valence-corrected chi connectivity index (χ4v) is 9.55. The molecule has 6 saturated heterocycles. The van der Waals surface area contributed by atoms with E-state index in [9.17, 15) is 96.1 Å². The van der Waals surface area contributed by atoms with Crippen molar-refractivity contribution in [3.8, 4) is 0 Å². The van der Waals surface area contributed by atoms with Crippen molar-refractivity contribution in [3.63, 3.8) is 0 Å². The first-order valence-corrected chi connectivity index (χ1v) is 23.9. The molecule has 0 aromatic carbocycles. The van der Waals surface area contributed by atoms with Gasteiger partial charge in [-0.2, -0.15) is 0 Å². The van der Waals surface area contributed by atoms with Crippen LogP contribution >= 0.6 is 0 Å². The number of hydrogen-bond donors (Lipinski definition) is 19. The average molecular weight is 1100 g/mol. The molecule has 30 atom stereocenters. The molecule has 0 bridgehead atoms. The predicted molar refractivity (Wildman–Crippen MR) is 233 cm³/mol. The summed E-state index contributed by atoms with van der Waals surface area (Å²) in [7, 11) is 0. The van der Waals surface area contributed by atoms with Gasteiger partial charge < -0.3 is 150 Å². The number of hydrogen-bond acceptors (Lipinski definition) is 30. The maximum atomic E-state index is 12.7. The first kappa shape index (κ1) is 61.5. The predicted octanol–water partition coefficient (Wildman–Crippen LogP) is -12.6. The van der Waals surface area contributed by atoms with E-state index in [0.29, 0.717) is 0 Å². The molecule has 19 N–H and O–H groups in total. The Morgan fingerprint density at radius 1 is 0.373 bits per heavy atom. The van der Waals surface area contributed by atoms with Crippen LogP contribution in [0.15, 0.2) is 0 Å². The third-order valence-corrected chi connectivity index (χ3v) is 13.6. The van der Waals surface area contributed by atoms with E-state index in [1.807, 2.05) is 0 Å². The van der Waals surface area contributed by atoms with Gasteiger partial charge in [-0.05, 0) is 6.92 Å². The third kappa shape index (κ3) is 13.7. The van der Waals surface area contributed by atoms with Crippen LogP contribution in [0.3, 0.4) is 0 Å². The van der Waals surface area contributed by atoms with Crippen molar-refractivity contribution >= 4 is 17.7 Å². The second-order valence-electron chi connectivity index (χ2n) is 19.0. The van der Waals surface area contributed by atoms with Gasteiger partial charge in [-0.1, -0.05) is 0 Å². The quantitative estimate of drug-likeness (QED) is 0.0606. The SMILES string of the molecule is CC(=O)N[C@H]1[C@H](O[C@H]2[C@H](O)[C@@H](NC(C)=O)C(O)O[C@@H]2CO[C@@H]2O[C@@H](C)[C@@H](O)[C@@H](O)[C@@H]2O)O[C@H](CO)[C@@H](OC2O[C@H](CO)[C@@H](O)[C@H](OC3O[C@H](CO)[C@@H](O)[C@H](O)[C@@H]3OC3O[C@H](CO)[C@@H](O)[C@H](O)[C@H]3NC(C)=O)[C@@H]2O)[C@@H]1O. The van der Waals surface area contributed by atoms with Crippen molar-refractivity contribution < 1.29 is 148 Å². The van der Waals surface area contributed by atoms with Gasteiger partial charge in [0.25, 0.3) is 0 Å². The van der Waals surface area contributed by atoms with E-state index in [-0.39, 0.29) is 0 Å². The fraction of sp³-hybridized carbons (Fsp3) is 0.929. The van der Waals surface area contributed by atoms with Gasteiger partial charge in [-0.15, -0.1) is 0 Å². The minimum absolute atomic E-state index is 0.724. The van der Waals surface area contributed by atoms with Crippen molar-refractivity contribution in [2.75, 3.05) is 33.0 Å². The summed E-state index contributed by atoms with van der Waals surface area (Å²) >= 11 is 0. The minimum atomic E-state index is -2.25. The minimum Gasteiger partial charge on any atom is -0.394 e. The van der Waals surface area contributed by atoms with Crippen LogP contribution in [-0.4, -0.2) is 317 Å². The van der Waals surface area contributed by atoms with E-state index in [0.717, 1.165) is 20.8 Å². The van der Waals surface area contributed by atoms with Crippen LogP contribution < -0.4 is 16.0 Å². The van der Waals surface area contributed by atoms with Crippen LogP contribution in [0, 0.1) is 0 Å². The summed E-state index contributed by atoms with van der Waals surface area (Å²) in [4.78, 5) is 36.9. The Morgan fingerprint density at radius 2 is 0.800 bits per heavy atom. The highest BCUT2D eigenvalue weighted by Gasteiger charge is 2.58. The smallest absolute Gasteiger partial charge is 0.217 e. The molecule has 0 radical (unpaired) electrons. The van der Waals surface area contributed by atoms with E-state index in [1.54, 1.807) is 0 Å². The molecule has 0 aromatic heterocycles. The van der Waals surface area contributed by atoms with Crippen LogP contribution in [0.1, 0.15) is 27.7 Å². The zero-order valence-electron chi connectivity index (χ0n) is 40.7. The van der Waals surface area contributed by atoms with Crippen molar-refractivity contribution in [2.24, 2.45) is 0 Å². The van der Waals surface area contributed by atoms with Gasteiger partial charge in [0.1, 0.15) is 140 Å². The molecule has 4 unspecified atom stereocenters. The molecule has 6 fully saturated rings. The number of rotatable bonds is 18. The lowest BCUT2D eigenvalue weighted by Crippen LogP contribution is -2.70. The van der Waals surface area contributed by atoms with Crippen molar-refractivity contribution in [1.82, 2.24) is 16.0 Å². The number of amides is 3. The van der Waals surface area contributed by atoms with Gasteiger partial charge in [0.05, 0.1) is 39.1 Å². The first-order chi connectivity index (χ1) is 35.4. The molecule has 6 aliphatic heterocycles. The van der Waals surface area contributed by atoms with E-state index >= 15 is 0 Å². The Bertz CT molecular complexity index is 1850. The van der Waals surface area contributed by atoms with Crippen molar-refractivity contribution in [3.05, 3.63) is 0 Å². The summed E-state index contributed by atoms with van der Waals surface area (Å²) in [5, 5.41) is 180. The number of aliphatic hydroxyl groups excluding tert-OH is 16. The maximum Gasteiger partial charge on any atom is 0.217 e. The van der Waals surface area contributed by atoms with Gasteiger partial charge in [0, 0.05) is 20.8 Å². The zero-order valence-corrected chi connectivity index (χ0v) is 40.7. The van der Waals surface area contributed by atoms with E-state index in [2.05, 4.69) is 16.0 Å². The Labute approximate surface area is 426 Å². The van der Waals surface area contributed by atoms with Crippen LogP contribution in [0.25, 0.3) is 0 Å². The highest BCUT2D eigenvalue weighted by molar-refractivity contribution is 5.74. The number of aliphatic hydroxyl groups is 16. The first-order valence-electron chi connectivity index (χ1n) is 23.9. The van der Waals surface area contributed by atoms with E-state index < -0.39 is 235 Å². The standard InChI is InChI=1S/C42H71N3O30/c1-10-22(53)29(60)31(62)40(66-10)65-9-18-34(27(58)19(37(64)67-18)43-11(2)50)72-39-21(45-13(4)52)28(59)33(17(8-49)71-39)73-41-32(63)35(25(56)16(7-48)69-41)74-42-36(30(61)24(55)15(6-47)70-42)75-38-20(44-12(3)51)26(57)23(54)14(5-46)68-38/h10,14-42,46-49,53-64H,5-9H2,1-4H3,(H,43,50)(H,44,51)(H,45,52)/t10-,14+,15+,16+,17+,18+,19+,20+,21+,22+,23+,24+,25+,26+,27+,28+,29+,30-,31-,32-,33+,34+,35-,36-,37?,38?,39-,40+,41?,42?/m0/s1. The molecule has 0 aliphatic carbocycles.